The fourth-order valence-electron chi connectivity index (χ4n) is 3.20. The number of aryl methyl sites for hydroxylation is 1. The number of ether oxygens (including phenoxy) is 1. The van der Waals surface area contributed by atoms with E-state index in [9.17, 15) is 0 Å². The smallest absolute Gasteiger partial charge is 0.125 e. The molecule has 4 heteroatoms. The molecule has 0 unspecified atom stereocenters. The van der Waals surface area contributed by atoms with Gasteiger partial charge in [0, 0.05) is 18.0 Å². The number of aromatic nitrogens is 1. The first-order valence-corrected chi connectivity index (χ1v) is 9.11. The SMILES string of the molecule is CCCc1nc(C2(OCC)CCC(C)(C)CC2)sc1CN. The standard InChI is InChI=1S/C17H30N2OS/c1-5-7-13-14(12-18)21-15(19-13)17(20-6-2)10-8-16(3,4)9-11-17/h5-12,18H2,1-4H3. The first kappa shape index (κ1) is 16.9. The summed E-state index contributed by atoms with van der Waals surface area (Å²) in [7, 11) is 0. The van der Waals surface area contributed by atoms with Crippen molar-refractivity contribution in [3.63, 3.8) is 0 Å². The molecule has 0 aromatic carbocycles. The summed E-state index contributed by atoms with van der Waals surface area (Å²) in [4.78, 5) is 6.19. The van der Waals surface area contributed by atoms with Crippen molar-refractivity contribution in [1.82, 2.24) is 4.98 Å². The van der Waals surface area contributed by atoms with Crippen molar-refractivity contribution < 1.29 is 4.74 Å². The van der Waals surface area contributed by atoms with Crippen molar-refractivity contribution in [2.45, 2.75) is 78.4 Å². The summed E-state index contributed by atoms with van der Waals surface area (Å²) in [6.07, 6.45) is 6.71. The lowest BCUT2D eigenvalue weighted by molar-refractivity contribution is -0.0891. The van der Waals surface area contributed by atoms with Crippen LogP contribution in [0.15, 0.2) is 0 Å². The van der Waals surface area contributed by atoms with Gasteiger partial charge in [0.05, 0.1) is 5.69 Å². The van der Waals surface area contributed by atoms with Gasteiger partial charge in [-0.3, -0.25) is 0 Å². The molecule has 21 heavy (non-hydrogen) atoms. The van der Waals surface area contributed by atoms with Crippen LogP contribution in [0.4, 0.5) is 0 Å². The van der Waals surface area contributed by atoms with Gasteiger partial charge in [-0.05, 0) is 44.4 Å². The molecule has 2 N–H and O–H groups in total. The minimum absolute atomic E-state index is 0.162. The number of nitrogens with zero attached hydrogens (tertiary/aromatic N) is 1. The molecule has 1 aliphatic rings. The molecule has 1 aliphatic carbocycles. The van der Waals surface area contributed by atoms with E-state index < -0.39 is 0 Å². The normalized spacial score (nSPS) is 20.6. The molecule has 2 rings (SSSR count). The second kappa shape index (κ2) is 6.76. The summed E-state index contributed by atoms with van der Waals surface area (Å²) in [6.45, 7) is 10.4. The molecule has 1 aromatic heterocycles. The molecule has 0 saturated heterocycles. The van der Waals surface area contributed by atoms with Crippen molar-refractivity contribution in [3.8, 4) is 0 Å². The minimum Gasteiger partial charge on any atom is -0.368 e. The zero-order valence-corrected chi connectivity index (χ0v) is 14.8. The average molecular weight is 311 g/mol. The van der Waals surface area contributed by atoms with Crippen molar-refractivity contribution in [3.05, 3.63) is 15.6 Å². The van der Waals surface area contributed by atoms with Crippen molar-refractivity contribution in [2.75, 3.05) is 6.61 Å². The van der Waals surface area contributed by atoms with E-state index in [-0.39, 0.29) is 5.60 Å². The van der Waals surface area contributed by atoms with Gasteiger partial charge in [-0.1, -0.05) is 27.2 Å². The molecule has 0 radical (unpaired) electrons. The maximum absolute atomic E-state index is 6.25. The first-order chi connectivity index (χ1) is 9.96. The lowest BCUT2D eigenvalue weighted by atomic mass is 9.71. The third kappa shape index (κ3) is 3.66. The highest BCUT2D eigenvalue weighted by molar-refractivity contribution is 7.11. The Morgan fingerprint density at radius 2 is 1.86 bits per heavy atom. The Morgan fingerprint density at radius 1 is 1.19 bits per heavy atom. The summed E-state index contributed by atoms with van der Waals surface area (Å²) >= 11 is 1.78. The van der Waals surface area contributed by atoms with E-state index in [0.29, 0.717) is 12.0 Å². The Bertz CT molecular complexity index is 457. The molecule has 3 nitrogen and oxygen atoms in total. The van der Waals surface area contributed by atoms with Gasteiger partial charge in [0.15, 0.2) is 0 Å². The van der Waals surface area contributed by atoms with Crippen molar-refractivity contribution in [1.29, 1.82) is 0 Å². The molecule has 0 spiro atoms. The zero-order chi connectivity index (χ0) is 15.5. The lowest BCUT2D eigenvalue weighted by Crippen LogP contribution is -2.37. The van der Waals surface area contributed by atoms with E-state index in [1.165, 1.54) is 28.4 Å². The molecule has 1 heterocycles. The van der Waals surface area contributed by atoms with Gasteiger partial charge in [0.2, 0.25) is 0 Å². The first-order valence-electron chi connectivity index (χ1n) is 8.29. The van der Waals surface area contributed by atoms with E-state index in [0.717, 1.165) is 32.3 Å². The van der Waals surface area contributed by atoms with Crippen molar-refractivity contribution >= 4 is 11.3 Å². The van der Waals surface area contributed by atoms with Gasteiger partial charge >= 0.3 is 0 Å². The Balaban J connectivity index is 2.30. The van der Waals surface area contributed by atoms with Gasteiger partial charge in [0.1, 0.15) is 10.6 Å². The van der Waals surface area contributed by atoms with E-state index in [1.807, 2.05) is 0 Å². The predicted octanol–water partition coefficient (Wildman–Crippen LogP) is 4.39. The van der Waals surface area contributed by atoms with Gasteiger partial charge < -0.3 is 10.5 Å². The van der Waals surface area contributed by atoms with Crippen LogP contribution in [0, 0.1) is 5.41 Å². The molecular weight excluding hydrogens is 280 g/mol. The quantitative estimate of drug-likeness (QED) is 0.848. The number of hydrogen-bond donors (Lipinski definition) is 1. The van der Waals surface area contributed by atoms with Crippen LogP contribution >= 0.6 is 11.3 Å². The second-order valence-electron chi connectivity index (χ2n) is 6.93. The maximum Gasteiger partial charge on any atom is 0.125 e. The largest absolute Gasteiger partial charge is 0.368 e. The third-order valence-electron chi connectivity index (χ3n) is 4.67. The van der Waals surface area contributed by atoms with E-state index in [4.69, 9.17) is 15.5 Å². The zero-order valence-electron chi connectivity index (χ0n) is 14.0. The topological polar surface area (TPSA) is 48.1 Å². The highest BCUT2D eigenvalue weighted by atomic mass is 32.1. The molecule has 0 aliphatic heterocycles. The highest BCUT2D eigenvalue weighted by Crippen LogP contribution is 2.48. The van der Waals surface area contributed by atoms with Crippen LogP contribution in [0.3, 0.4) is 0 Å². The Morgan fingerprint density at radius 3 is 2.38 bits per heavy atom. The van der Waals surface area contributed by atoms with Crippen LogP contribution in [0.25, 0.3) is 0 Å². The third-order valence-corrected chi connectivity index (χ3v) is 5.98. The number of rotatable bonds is 6. The van der Waals surface area contributed by atoms with Crippen LogP contribution in [0.5, 0.6) is 0 Å². The van der Waals surface area contributed by atoms with Crippen LogP contribution in [0.1, 0.15) is 75.4 Å². The molecule has 1 aromatic rings. The molecule has 0 atom stereocenters. The molecule has 1 fully saturated rings. The van der Waals surface area contributed by atoms with Gasteiger partial charge in [-0.25, -0.2) is 4.98 Å². The molecule has 1 saturated carbocycles. The Labute approximate surface area is 133 Å². The summed E-state index contributed by atoms with van der Waals surface area (Å²) in [5.41, 5.74) is 7.38. The predicted molar refractivity (Wildman–Crippen MR) is 89.6 cm³/mol. The lowest BCUT2D eigenvalue weighted by Gasteiger charge is -2.42. The summed E-state index contributed by atoms with van der Waals surface area (Å²) in [5.74, 6) is 0. The van der Waals surface area contributed by atoms with E-state index >= 15 is 0 Å². The van der Waals surface area contributed by atoms with Crippen LogP contribution < -0.4 is 5.73 Å². The fraction of sp³-hybridized carbons (Fsp3) is 0.824. The fourth-order valence-corrected chi connectivity index (χ4v) is 4.38. The summed E-state index contributed by atoms with van der Waals surface area (Å²) < 4.78 is 6.25. The van der Waals surface area contributed by atoms with Crippen LogP contribution in [0.2, 0.25) is 0 Å². The van der Waals surface area contributed by atoms with Gasteiger partial charge in [-0.15, -0.1) is 11.3 Å². The van der Waals surface area contributed by atoms with Crippen LogP contribution in [-0.4, -0.2) is 11.6 Å². The van der Waals surface area contributed by atoms with Crippen molar-refractivity contribution in [2.24, 2.45) is 11.1 Å². The van der Waals surface area contributed by atoms with E-state index in [1.54, 1.807) is 11.3 Å². The second-order valence-corrected chi connectivity index (χ2v) is 8.02. The average Bonchev–Trinajstić information content (AvgIpc) is 2.86. The Kier molecular flexibility index (Phi) is 5.44. The molecule has 0 bridgehead atoms. The molecular formula is C17H30N2OS. The molecule has 120 valence electrons. The maximum atomic E-state index is 6.25. The summed E-state index contributed by atoms with van der Waals surface area (Å²) in [6, 6.07) is 0. The van der Waals surface area contributed by atoms with Crippen LogP contribution in [-0.2, 0) is 23.3 Å². The summed E-state index contributed by atoms with van der Waals surface area (Å²) in [5, 5.41) is 1.17. The number of nitrogens with two attached hydrogens (primary N) is 1. The van der Waals surface area contributed by atoms with Gasteiger partial charge in [-0.2, -0.15) is 0 Å². The Hall–Kier alpha value is -0.450. The van der Waals surface area contributed by atoms with E-state index in [2.05, 4.69) is 27.7 Å². The monoisotopic (exact) mass is 310 g/mol. The molecule has 0 amide bonds. The van der Waals surface area contributed by atoms with Gasteiger partial charge in [0.25, 0.3) is 0 Å². The number of thiazole rings is 1. The highest BCUT2D eigenvalue weighted by Gasteiger charge is 2.42. The number of hydrogen-bond acceptors (Lipinski definition) is 4. The minimum atomic E-state index is -0.162.